The standard InChI is InChI=1S/C53H86N4O11/c1-14-26-66-27-23-42(58)35-68-30-29-67-28-24-54-52(62)41(31-40-20-17-16-18-21-40)32-45(59)39(8)51(65-13)44-22-19-25-57(44)48(61)34-47(64-12)50(38(7)15-2)56(11)53(63)43(36(3)4)33-46(60)49(37(5)6)55(9)10/h1,16-18,20-21,36-39,41,43-44,47,49-51H,15,19,22-35H2,2-13H3,(H,54,62)/t38?,39-,41+,43-,44-,47?,49-,50-,51+/m0/s1. The van der Waals surface area contributed by atoms with Crippen molar-refractivity contribution in [2.75, 3.05) is 88.1 Å². The second kappa shape index (κ2) is 32.0. The Hall–Kier alpha value is -4.04. The third kappa shape index (κ3) is 19.4. The molecule has 1 aliphatic heterocycles. The molecule has 0 saturated carbocycles. The van der Waals surface area contributed by atoms with Crippen LogP contribution >= 0.6 is 0 Å². The number of amides is 3. The molecule has 2 unspecified atom stereocenters. The lowest BCUT2D eigenvalue weighted by molar-refractivity contribution is -0.149. The van der Waals surface area contributed by atoms with E-state index in [1.54, 1.807) is 38.0 Å². The van der Waals surface area contributed by atoms with Gasteiger partial charge in [-0.05, 0) is 56.7 Å². The van der Waals surface area contributed by atoms with Crippen molar-refractivity contribution in [2.45, 2.75) is 130 Å². The molecule has 1 saturated heterocycles. The highest BCUT2D eigenvalue weighted by molar-refractivity contribution is 5.90. The first-order valence-corrected chi connectivity index (χ1v) is 24.7. The monoisotopic (exact) mass is 955 g/mol. The van der Waals surface area contributed by atoms with Crippen LogP contribution in [0.1, 0.15) is 99.0 Å². The van der Waals surface area contributed by atoms with Gasteiger partial charge in [-0.3, -0.25) is 33.7 Å². The number of likely N-dealkylation sites (N-methyl/N-ethyl adjacent to an activating group) is 2. The summed E-state index contributed by atoms with van der Waals surface area (Å²) in [4.78, 5) is 87.7. The van der Waals surface area contributed by atoms with Gasteiger partial charge in [0.25, 0.3) is 0 Å². The van der Waals surface area contributed by atoms with Crippen LogP contribution in [0.3, 0.4) is 0 Å². The Morgan fingerprint density at radius 2 is 1.51 bits per heavy atom. The van der Waals surface area contributed by atoms with Crippen LogP contribution in [0.2, 0.25) is 0 Å². The molecule has 9 atom stereocenters. The largest absolute Gasteiger partial charge is 0.379 e. The van der Waals surface area contributed by atoms with E-state index in [9.17, 15) is 28.8 Å². The van der Waals surface area contributed by atoms with Crippen LogP contribution in [0.4, 0.5) is 0 Å². The third-order valence-electron chi connectivity index (χ3n) is 13.4. The predicted molar refractivity (Wildman–Crippen MR) is 264 cm³/mol. The predicted octanol–water partition coefficient (Wildman–Crippen LogP) is 5.30. The second-order valence-corrected chi connectivity index (χ2v) is 19.3. The number of hydrogen-bond acceptors (Lipinski definition) is 12. The number of carbonyl (C=O) groups excluding carboxylic acids is 6. The van der Waals surface area contributed by atoms with Gasteiger partial charge >= 0.3 is 0 Å². The van der Waals surface area contributed by atoms with Crippen molar-refractivity contribution in [3.8, 4) is 12.3 Å². The highest BCUT2D eigenvalue weighted by atomic mass is 16.5. The maximum Gasteiger partial charge on any atom is 0.226 e. The second-order valence-electron chi connectivity index (χ2n) is 19.3. The number of ether oxygens (including phenoxy) is 5. The summed E-state index contributed by atoms with van der Waals surface area (Å²) in [5, 5.41) is 2.93. The van der Waals surface area contributed by atoms with Crippen molar-refractivity contribution < 1.29 is 52.5 Å². The van der Waals surface area contributed by atoms with Gasteiger partial charge < -0.3 is 38.8 Å². The van der Waals surface area contributed by atoms with Crippen LogP contribution < -0.4 is 5.32 Å². The first-order valence-electron chi connectivity index (χ1n) is 24.7. The number of hydrogen-bond donors (Lipinski definition) is 1. The van der Waals surface area contributed by atoms with E-state index >= 15 is 0 Å². The highest BCUT2D eigenvalue weighted by Crippen LogP contribution is 2.32. The molecular weight excluding hydrogens is 869 g/mol. The number of benzene rings is 1. The molecule has 2 rings (SSSR count). The number of rotatable bonds is 35. The van der Waals surface area contributed by atoms with Crippen molar-refractivity contribution in [1.82, 2.24) is 20.0 Å². The van der Waals surface area contributed by atoms with Gasteiger partial charge in [-0.15, -0.1) is 6.42 Å². The molecule has 3 amide bonds. The summed E-state index contributed by atoms with van der Waals surface area (Å²) in [5.74, 6) is -0.296. The van der Waals surface area contributed by atoms with E-state index in [-0.39, 0.29) is 137 Å². The molecule has 1 heterocycles. The number of nitrogens with one attached hydrogen (secondary N) is 1. The molecule has 15 heteroatoms. The number of likely N-dealkylation sites (tertiary alicyclic amines) is 1. The fourth-order valence-electron chi connectivity index (χ4n) is 9.57. The zero-order chi connectivity index (χ0) is 50.9. The minimum absolute atomic E-state index is 0.0134. The molecule has 384 valence electrons. The van der Waals surface area contributed by atoms with Gasteiger partial charge in [-0.25, -0.2) is 0 Å². The van der Waals surface area contributed by atoms with E-state index in [0.717, 1.165) is 18.4 Å². The summed E-state index contributed by atoms with van der Waals surface area (Å²) >= 11 is 0. The Morgan fingerprint density at radius 1 is 0.838 bits per heavy atom. The molecule has 0 bridgehead atoms. The fourth-order valence-corrected chi connectivity index (χ4v) is 9.57. The quantitative estimate of drug-likeness (QED) is 0.0690. The van der Waals surface area contributed by atoms with Crippen molar-refractivity contribution in [2.24, 2.45) is 35.5 Å². The molecule has 1 aromatic carbocycles. The van der Waals surface area contributed by atoms with Crippen molar-refractivity contribution >= 4 is 35.1 Å². The molecule has 68 heavy (non-hydrogen) atoms. The minimum atomic E-state index is -0.664. The zero-order valence-electron chi connectivity index (χ0n) is 43.5. The van der Waals surface area contributed by atoms with E-state index in [1.165, 1.54) is 0 Å². The van der Waals surface area contributed by atoms with E-state index in [1.807, 2.05) is 83.9 Å². The lowest BCUT2D eigenvalue weighted by Crippen LogP contribution is -2.54. The van der Waals surface area contributed by atoms with Crippen molar-refractivity contribution in [1.29, 1.82) is 0 Å². The first kappa shape index (κ1) is 60.1. The number of methoxy groups -OCH3 is 2. The normalized spacial score (nSPS) is 17.5. The number of carbonyl (C=O) groups is 6. The van der Waals surface area contributed by atoms with Crippen molar-refractivity contribution in [3.05, 3.63) is 35.9 Å². The maximum absolute atomic E-state index is 14.4. The van der Waals surface area contributed by atoms with Crippen molar-refractivity contribution in [3.63, 3.8) is 0 Å². The van der Waals surface area contributed by atoms with Gasteiger partial charge in [0.2, 0.25) is 17.7 Å². The van der Waals surface area contributed by atoms with Gasteiger partial charge in [0.1, 0.15) is 19.0 Å². The summed E-state index contributed by atoms with van der Waals surface area (Å²) in [6.45, 7) is 15.6. The van der Waals surface area contributed by atoms with E-state index < -0.39 is 36.0 Å². The third-order valence-corrected chi connectivity index (χ3v) is 13.4. The van der Waals surface area contributed by atoms with Gasteiger partial charge in [0, 0.05) is 71.4 Å². The Kier molecular flexibility index (Phi) is 28.2. The number of terminal acetylenes is 1. The molecule has 1 aromatic rings. The van der Waals surface area contributed by atoms with Crippen LogP contribution in [-0.4, -0.2) is 168 Å². The summed E-state index contributed by atoms with van der Waals surface area (Å²) in [6.07, 6.45) is 6.64. The SMILES string of the molecule is C#CCOCCC(=O)COCCOCCNC(=O)[C@@H](CC(=O)[C@H](C)[C@@H](OC)[C@@H]1CCCN1C(=O)CC(OC)[C@H](C(C)CC)N(C)C(=O)[C@@H](CC(=O)[C@H](C(C)C)N(C)C)C(C)C)Cc1ccccc1. The Morgan fingerprint density at radius 3 is 2.10 bits per heavy atom. The number of Topliss-reactive ketones (excluding diaryl/α,β-unsaturated/α-hetero) is 3. The molecule has 0 aromatic heterocycles. The molecular formula is C53H86N4O11. The van der Waals surface area contributed by atoms with Gasteiger partial charge in [0.15, 0.2) is 11.6 Å². The summed E-state index contributed by atoms with van der Waals surface area (Å²) in [7, 11) is 8.67. The Labute approximate surface area is 408 Å². The first-order chi connectivity index (χ1) is 32.3. The summed E-state index contributed by atoms with van der Waals surface area (Å²) in [6, 6.07) is 8.41. The van der Waals surface area contributed by atoms with E-state index in [0.29, 0.717) is 19.4 Å². The fraction of sp³-hybridized carbons (Fsp3) is 0.736. The van der Waals surface area contributed by atoms with Crippen LogP contribution in [0, 0.1) is 47.9 Å². The minimum Gasteiger partial charge on any atom is -0.379 e. The molecule has 0 aliphatic carbocycles. The number of nitrogens with zero attached hydrogens (tertiary/aromatic N) is 3. The highest BCUT2D eigenvalue weighted by Gasteiger charge is 2.43. The smallest absolute Gasteiger partial charge is 0.226 e. The summed E-state index contributed by atoms with van der Waals surface area (Å²) < 4.78 is 28.3. The van der Waals surface area contributed by atoms with Gasteiger partial charge in [0.05, 0.1) is 63.2 Å². The van der Waals surface area contributed by atoms with E-state index in [2.05, 4.69) is 18.2 Å². The average molecular weight is 955 g/mol. The molecule has 15 nitrogen and oxygen atoms in total. The lowest BCUT2D eigenvalue weighted by Gasteiger charge is -2.41. The molecule has 0 radical (unpaired) electrons. The average Bonchev–Trinajstić information content (AvgIpc) is 3.79. The molecule has 1 N–H and O–H groups in total. The molecule has 1 aliphatic rings. The lowest BCUT2D eigenvalue weighted by atomic mass is 9.83. The van der Waals surface area contributed by atoms with Crippen LogP contribution in [0.5, 0.6) is 0 Å². The number of ketones is 3. The Balaban J connectivity index is 2.16. The zero-order valence-corrected chi connectivity index (χ0v) is 43.5. The van der Waals surface area contributed by atoms with Crippen LogP contribution in [-0.2, 0) is 58.9 Å². The van der Waals surface area contributed by atoms with Crippen LogP contribution in [0.15, 0.2) is 30.3 Å². The van der Waals surface area contributed by atoms with Gasteiger partial charge in [-0.2, -0.15) is 0 Å². The molecule has 0 spiro atoms. The van der Waals surface area contributed by atoms with E-state index in [4.69, 9.17) is 30.1 Å². The van der Waals surface area contributed by atoms with Crippen LogP contribution in [0.25, 0.3) is 0 Å². The summed E-state index contributed by atoms with van der Waals surface area (Å²) in [5.41, 5.74) is 0.919. The topological polar surface area (TPSA) is 170 Å². The Bertz CT molecular complexity index is 1730. The molecule has 1 fully saturated rings. The maximum atomic E-state index is 14.4. The van der Waals surface area contributed by atoms with Gasteiger partial charge in [-0.1, -0.05) is 91.1 Å².